The lowest BCUT2D eigenvalue weighted by Gasteiger charge is -2.10. The highest BCUT2D eigenvalue weighted by Gasteiger charge is 2.11. The van der Waals surface area contributed by atoms with E-state index >= 15 is 0 Å². The van der Waals surface area contributed by atoms with E-state index in [0.29, 0.717) is 28.1 Å². The largest absolute Gasteiger partial charge is 0.506 e. The quantitative estimate of drug-likeness (QED) is 0.423. The Morgan fingerprint density at radius 1 is 1.19 bits per heavy atom. The Balaban J connectivity index is 1.68. The molecule has 0 aliphatic heterocycles. The zero-order valence-electron chi connectivity index (χ0n) is 14.0. The fourth-order valence-corrected chi connectivity index (χ4v) is 2.81. The van der Waals surface area contributed by atoms with Crippen LogP contribution in [-0.4, -0.2) is 34.8 Å². The molecule has 0 bridgehead atoms. The van der Waals surface area contributed by atoms with Gasteiger partial charge in [0.25, 0.3) is 0 Å². The van der Waals surface area contributed by atoms with Crippen molar-refractivity contribution in [3.05, 3.63) is 47.6 Å². The van der Waals surface area contributed by atoms with Crippen LogP contribution in [-0.2, 0) is 7.05 Å². The van der Waals surface area contributed by atoms with Gasteiger partial charge in [0.1, 0.15) is 17.6 Å². The number of anilines is 2. The summed E-state index contributed by atoms with van der Waals surface area (Å²) < 4.78 is 1.77. The Morgan fingerprint density at radius 2 is 2.04 bits per heavy atom. The van der Waals surface area contributed by atoms with E-state index in [9.17, 15) is 5.11 Å². The molecule has 4 rings (SSSR count). The number of nitrogens with zero attached hydrogens (tertiary/aromatic N) is 6. The molecule has 130 valence electrons. The second-order valence-corrected chi connectivity index (χ2v) is 6.17. The van der Waals surface area contributed by atoms with Crippen molar-refractivity contribution in [1.29, 1.82) is 0 Å². The predicted octanol–water partition coefficient (Wildman–Crippen LogP) is 3.23. The number of aromatic nitrogens is 6. The van der Waals surface area contributed by atoms with Gasteiger partial charge in [0.2, 0.25) is 5.95 Å². The van der Waals surface area contributed by atoms with Gasteiger partial charge in [0.15, 0.2) is 11.0 Å². The van der Waals surface area contributed by atoms with Crippen molar-refractivity contribution in [2.45, 2.75) is 6.92 Å². The van der Waals surface area contributed by atoms with E-state index in [1.54, 1.807) is 35.4 Å². The third-order valence-corrected chi connectivity index (χ3v) is 4.27. The summed E-state index contributed by atoms with van der Waals surface area (Å²) in [5.41, 5.74) is 2.70. The molecule has 0 unspecified atom stereocenters. The fourth-order valence-electron chi connectivity index (χ4n) is 2.61. The first-order valence-corrected chi connectivity index (χ1v) is 8.13. The average molecular weight is 368 g/mol. The van der Waals surface area contributed by atoms with Crippen molar-refractivity contribution in [2.24, 2.45) is 7.05 Å². The van der Waals surface area contributed by atoms with Crippen LogP contribution < -0.4 is 5.32 Å². The van der Waals surface area contributed by atoms with Gasteiger partial charge in [-0.2, -0.15) is 0 Å². The first kappa shape index (κ1) is 16.2. The maximum atomic E-state index is 10.3. The molecule has 0 atom stereocenters. The summed E-state index contributed by atoms with van der Waals surface area (Å²) in [6, 6.07) is 5.15. The first-order chi connectivity index (χ1) is 12.5. The van der Waals surface area contributed by atoms with Crippen LogP contribution >= 0.6 is 11.6 Å². The number of phenolic OH excluding ortho intramolecular Hbond substituents is 1. The van der Waals surface area contributed by atoms with Crippen LogP contribution in [0.4, 0.5) is 11.6 Å². The number of aryl methyl sites for hydroxylation is 2. The molecular weight excluding hydrogens is 354 g/mol. The molecule has 9 heteroatoms. The van der Waals surface area contributed by atoms with Gasteiger partial charge < -0.3 is 15.0 Å². The molecule has 0 saturated carbocycles. The number of fused-ring (bicyclic) bond motifs is 1. The van der Waals surface area contributed by atoms with E-state index in [-0.39, 0.29) is 5.75 Å². The van der Waals surface area contributed by atoms with Gasteiger partial charge in [-0.05, 0) is 30.7 Å². The minimum Gasteiger partial charge on any atom is -0.506 e. The van der Waals surface area contributed by atoms with E-state index < -0.39 is 0 Å². The smallest absolute Gasteiger partial charge is 0.227 e. The minimum atomic E-state index is 0.0441. The molecule has 0 aliphatic carbocycles. The average Bonchev–Trinajstić information content (AvgIpc) is 3.06. The zero-order valence-corrected chi connectivity index (χ0v) is 14.7. The third-order valence-electron chi connectivity index (χ3n) is 3.99. The highest BCUT2D eigenvalue weighted by atomic mass is 35.5. The number of phenols is 1. The summed E-state index contributed by atoms with van der Waals surface area (Å²) in [5, 5.41) is 22.3. The summed E-state index contributed by atoms with van der Waals surface area (Å²) in [4.78, 5) is 12.8. The van der Waals surface area contributed by atoms with Crippen LogP contribution in [0.15, 0.2) is 36.9 Å². The van der Waals surface area contributed by atoms with Gasteiger partial charge in [-0.15, -0.1) is 10.2 Å². The maximum absolute atomic E-state index is 10.3. The second kappa shape index (κ2) is 6.23. The van der Waals surface area contributed by atoms with Crippen molar-refractivity contribution < 1.29 is 5.11 Å². The number of pyridine rings is 1. The van der Waals surface area contributed by atoms with Crippen LogP contribution in [0, 0.1) is 6.92 Å². The Labute approximate surface area is 153 Å². The normalized spacial score (nSPS) is 11.0. The molecule has 0 fully saturated rings. The highest BCUT2D eigenvalue weighted by molar-refractivity contribution is 6.33. The van der Waals surface area contributed by atoms with Gasteiger partial charge in [-0.3, -0.25) is 0 Å². The molecule has 8 nitrogen and oxygen atoms in total. The molecule has 1 aromatic carbocycles. The van der Waals surface area contributed by atoms with Crippen LogP contribution in [0.25, 0.3) is 22.3 Å². The minimum absolute atomic E-state index is 0.0441. The molecule has 0 amide bonds. The Kier molecular flexibility index (Phi) is 3.89. The lowest BCUT2D eigenvalue weighted by molar-refractivity contribution is 0.478. The number of aromatic hydroxyl groups is 1. The van der Waals surface area contributed by atoms with Crippen LogP contribution in [0.2, 0.25) is 5.15 Å². The zero-order chi connectivity index (χ0) is 18.3. The molecule has 2 N–H and O–H groups in total. The van der Waals surface area contributed by atoms with Gasteiger partial charge in [-0.25, -0.2) is 15.0 Å². The van der Waals surface area contributed by atoms with Crippen molar-refractivity contribution in [3.63, 3.8) is 0 Å². The van der Waals surface area contributed by atoms with Gasteiger partial charge in [0.05, 0.1) is 5.69 Å². The highest BCUT2D eigenvalue weighted by Crippen LogP contribution is 2.31. The molecule has 26 heavy (non-hydrogen) atoms. The van der Waals surface area contributed by atoms with Crippen molar-refractivity contribution in [3.8, 4) is 17.1 Å². The lowest BCUT2D eigenvalue weighted by atomic mass is 10.1. The van der Waals surface area contributed by atoms with Crippen molar-refractivity contribution in [1.82, 2.24) is 29.7 Å². The fraction of sp³-hybridized carbons (Fsp3) is 0.118. The van der Waals surface area contributed by atoms with E-state index in [4.69, 9.17) is 11.6 Å². The van der Waals surface area contributed by atoms with E-state index in [1.165, 1.54) is 0 Å². The molecule has 0 aliphatic rings. The first-order valence-electron chi connectivity index (χ1n) is 7.75. The SMILES string of the molecule is Cc1cnc(Cl)c2nc(Nc3ccc(-c4nncn4C)cc3O)ncc12. The summed E-state index contributed by atoms with van der Waals surface area (Å²) in [7, 11) is 1.83. The Morgan fingerprint density at radius 3 is 2.77 bits per heavy atom. The summed E-state index contributed by atoms with van der Waals surface area (Å²) in [5.74, 6) is 1.01. The van der Waals surface area contributed by atoms with E-state index in [0.717, 1.165) is 16.5 Å². The standard InChI is InChI=1S/C17H14ClN7O/c1-9-6-19-15(18)14-11(9)7-20-17(23-14)22-12-4-3-10(5-13(12)26)16-24-21-8-25(16)2/h3-8,26H,1-2H3,(H,20,22,23). The van der Waals surface area contributed by atoms with E-state index in [2.05, 4.69) is 30.5 Å². The number of nitrogens with one attached hydrogen (secondary N) is 1. The van der Waals surface area contributed by atoms with Crippen LogP contribution in [0.3, 0.4) is 0 Å². The molecular formula is C17H14ClN7O. The van der Waals surface area contributed by atoms with Gasteiger partial charge in [-0.1, -0.05) is 11.6 Å². The predicted molar refractivity (Wildman–Crippen MR) is 98.5 cm³/mol. The number of halogens is 1. The summed E-state index contributed by atoms with van der Waals surface area (Å²) >= 11 is 6.13. The third kappa shape index (κ3) is 2.80. The molecule has 0 saturated heterocycles. The monoisotopic (exact) mass is 367 g/mol. The number of hydrogen-bond acceptors (Lipinski definition) is 7. The van der Waals surface area contributed by atoms with Crippen LogP contribution in [0.5, 0.6) is 5.75 Å². The van der Waals surface area contributed by atoms with Gasteiger partial charge in [0, 0.05) is 30.4 Å². The van der Waals surface area contributed by atoms with Crippen molar-refractivity contribution >= 4 is 34.1 Å². The number of rotatable bonds is 3. The van der Waals surface area contributed by atoms with Gasteiger partial charge >= 0.3 is 0 Å². The topological polar surface area (TPSA) is 102 Å². The molecule has 0 radical (unpaired) electrons. The lowest BCUT2D eigenvalue weighted by Crippen LogP contribution is -1.99. The summed E-state index contributed by atoms with van der Waals surface area (Å²) in [6.07, 6.45) is 4.96. The van der Waals surface area contributed by atoms with Crippen LogP contribution in [0.1, 0.15) is 5.56 Å². The Hall–Kier alpha value is -3.26. The molecule has 4 aromatic rings. The van der Waals surface area contributed by atoms with Crippen molar-refractivity contribution in [2.75, 3.05) is 5.32 Å². The Bertz CT molecular complexity index is 1130. The summed E-state index contributed by atoms with van der Waals surface area (Å²) in [6.45, 7) is 1.92. The molecule has 3 aromatic heterocycles. The molecule has 3 heterocycles. The number of benzene rings is 1. The number of hydrogen-bond donors (Lipinski definition) is 2. The second-order valence-electron chi connectivity index (χ2n) is 5.81. The maximum Gasteiger partial charge on any atom is 0.227 e. The van der Waals surface area contributed by atoms with E-state index in [1.807, 2.05) is 20.0 Å². The molecule has 0 spiro atoms.